The van der Waals surface area contributed by atoms with Crippen LogP contribution in [0.1, 0.15) is 58.6 Å². The van der Waals surface area contributed by atoms with Gasteiger partial charge in [0.1, 0.15) is 11.5 Å². The molecule has 0 spiro atoms. The maximum Gasteiger partial charge on any atom is 0.109 e. The Balaban J connectivity index is 3.19. The largest absolute Gasteiger partial charge is 0.466 e. The van der Waals surface area contributed by atoms with Gasteiger partial charge in [-0.05, 0) is 24.0 Å². The van der Waals surface area contributed by atoms with Crippen molar-refractivity contribution in [1.29, 1.82) is 0 Å². The zero-order valence-corrected chi connectivity index (χ0v) is 10.5. The Hall–Kier alpha value is -0.720. The highest BCUT2D eigenvalue weighted by Crippen LogP contribution is 2.33. The first-order valence-corrected chi connectivity index (χ1v) is 5.24. The van der Waals surface area contributed by atoms with Gasteiger partial charge in [-0.1, -0.05) is 41.5 Å². The SMILES string of the molecule is Cc1oc(C(C)(C)C)cc1C(C)(C)C. The average Bonchev–Trinajstić information content (AvgIpc) is 2.27. The van der Waals surface area contributed by atoms with Crippen LogP contribution in [-0.4, -0.2) is 0 Å². The van der Waals surface area contributed by atoms with Crippen LogP contribution in [0.25, 0.3) is 0 Å². The molecule has 80 valence electrons. The molecule has 0 saturated carbocycles. The molecule has 0 saturated heterocycles. The Kier molecular flexibility index (Phi) is 2.55. The minimum absolute atomic E-state index is 0.105. The molecule has 0 atom stereocenters. The van der Waals surface area contributed by atoms with Crippen molar-refractivity contribution in [2.24, 2.45) is 0 Å². The summed E-state index contributed by atoms with van der Waals surface area (Å²) in [5.74, 6) is 2.14. The van der Waals surface area contributed by atoms with E-state index in [0.717, 1.165) is 11.5 Å². The number of aryl methyl sites for hydroxylation is 1. The summed E-state index contributed by atoms with van der Waals surface area (Å²) >= 11 is 0. The third-order valence-corrected chi connectivity index (χ3v) is 2.46. The topological polar surface area (TPSA) is 13.1 Å². The molecule has 0 bridgehead atoms. The van der Waals surface area contributed by atoms with E-state index in [-0.39, 0.29) is 10.8 Å². The summed E-state index contributed by atoms with van der Waals surface area (Å²) in [7, 11) is 0. The number of rotatable bonds is 0. The summed E-state index contributed by atoms with van der Waals surface area (Å²) in [6.07, 6.45) is 0. The van der Waals surface area contributed by atoms with Crippen molar-refractivity contribution in [2.75, 3.05) is 0 Å². The van der Waals surface area contributed by atoms with Crippen molar-refractivity contribution in [1.82, 2.24) is 0 Å². The van der Waals surface area contributed by atoms with Crippen molar-refractivity contribution < 1.29 is 4.42 Å². The second-order valence-corrected chi connectivity index (χ2v) is 6.08. The number of hydrogen-bond acceptors (Lipinski definition) is 1. The van der Waals surface area contributed by atoms with Crippen molar-refractivity contribution in [2.45, 2.75) is 59.3 Å². The third-order valence-electron chi connectivity index (χ3n) is 2.46. The molecule has 1 nitrogen and oxygen atoms in total. The van der Waals surface area contributed by atoms with Gasteiger partial charge in [-0.15, -0.1) is 0 Å². The fourth-order valence-corrected chi connectivity index (χ4v) is 1.60. The molecule has 0 unspecified atom stereocenters. The van der Waals surface area contributed by atoms with Crippen LogP contribution in [0.4, 0.5) is 0 Å². The molecule has 1 heteroatoms. The Labute approximate surface area is 87.5 Å². The molecule has 0 aliphatic rings. The molecular weight excluding hydrogens is 172 g/mol. The van der Waals surface area contributed by atoms with Crippen molar-refractivity contribution in [3.8, 4) is 0 Å². The molecule has 0 aromatic carbocycles. The molecule has 1 aromatic rings. The van der Waals surface area contributed by atoms with Crippen molar-refractivity contribution >= 4 is 0 Å². The lowest BCUT2D eigenvalue weighted by molar-refractivity contribution is 0.392. The second kappa shape index (κ2) is 3.15. The van der Waals surface area contributed by atoms with Crippen LogP contribution in [0, 0.1) is 6.92 Å². The molecule has 1 aromatic heterocycles. The maximum atomic E-state index is 5.81. The van der Waals surface area contributed by atoms with Gasteiger partial charge in [0.25, 0.3) is 0 Å². The highest BCUT2D eigenvalue weighted by Gasteiger charge is 2.25. The molecule has 0 radical (unpaired) electrons. The molecular formula is C13H22O. The highest BCUT2D eigenvalue weighted by molar-refractivity contribution is 5.30. The lowest BCUT2D eigenvalue weighted by Crippen LogP contribution is -2.12. The standard InChI is InChI=1S/C13H22O/c1-9-10(12(2,3)4)8-11(14-9)13(5,6)7/h8H,1-7H3. The monoisotopic (exact) mass is 194 g/mol. The van der Waals surface area contributed by atoms with Gasteiger partial charge < -0.3 is 4.42 Å². The van der Waals surface area contributed by atoms with E-state index in [0.29, 0.717) is 0 Å². The fraction of sp³-hybridized carbons (Fsp3) is 0.692. The summed E-state index contributed by atoms with van der Waals surface area (Å²) in [6, 6.07) is 2.20. The van der Waals surface area contributed by atoms with E-state index in [2.05, 4.69) is 54.5 Å². The lowest BCUT2D eigenvalue weighted by Gasteiger charge is -2.17. The minimum atomic E-state index is 0.105. The van der Waals surface area contributed by atoms with Crippen LogP contribution in [-0.2, 0) is 10.8 Å². The third kappa shape index (κ3) is 2.20. The Morgan fingerprint density at radius 2 is 1.43 bits per heavy atom. The van der Waals surface area contributed by atoms with Gasteiger partial charge in [0, 0.05) is 5.41 Å². The van der Waals surface area contributed by atoms with Gasteiger partial charge in [-0.3, -0.25) is 0 Å². The van der Waals surface area contributed by atoms with E-state index in [9.17, 15) is 0 Å². The quantitative estimate of drug-likeness (QED) is 0.603. The van der Waals surface area contributed by atoms with Crippen LogP contribution in [0.3, 0.4) is 0 Å². The number of hydrogen-bond donors (Lipinski definition) is 0. The van der Waals surface area contributed by atoms with Crippen LogP contribution in [0.15, 0.2) is 10.5 Å². The lowest BCUT2D eigenvalue weighted by atomic mass is 9.85. The van der Waals surface area contributed by atoms with Gasteiger partial charge in [0.2, 0.25) is 0 Å². The van der Waals surface area contributed by atoms with E-state index in [1.165, 1.54) is 5.56 Å². The molecule has 1 rings (SSSR count). The van der Waals surface area contributed by atoms with Gasteiger partial charge in [0.05, 0.1) is 0 Å². The molecule has 0 fully saturated rings. The van der Waals surface area contributed by atoms with Crippen LogP contribution in [0.5, 0.6) is 0 Å². The molecule has 0 amide bonds. The minimum Gasteiger partial charge on any atom is -0.466 e. The maximum absolute atomic E-state index is 5.81. The summed E-state index contributed by atoms with van der Waals surface area (Å²) in [5, 5.41) is 0. The molecule has 0 aliphatic carbocycles. The van der Waals surface area contributed by atoms with E-state index in [1.54, 1.807) is 0 Å². The van der Waals surface area contributed by atoms with Gasteiger partial charge >= 0.3 is 0 Å². The van der Waals surface area contributed by atoms with Gasteiger partial charge in [0.15, 0.2) is 0 Å². The van der Waals surface area contributed by atoms with Crippen molar-refractivity contribution in [3.05, 3.63) is 23.2 Å². The van der Waals surface area contributed by atoms with E-state index >= 15 is 0 Å². The van der Waals surface area contributed by atoms with E-state index in [1.807, 2.05) is 0 Å². The zero-order chi connectivity index (χ0) is 11.1. The van der Waals surface area contributed by atoms with Crippen LogP contribution in [0.2, 0.25) is 0 Å². The second-order valence-electron chi connectivity index (χ2n) is 6.08. The summed E-state index contributed by atoms with van der Waals surface area (Å²) < 4.78 is 5.81. The summed E-state index contributed by atoms with van der Waals surface area (Å²) in [6.45, 7) is 15.2. The first-order chi connectivity index (χ1) is 6.12. The predicted octanol–water partition coefficient (Wildman–Crippen LogP) is 4.18. The molecule has 0 N–H and O–H groups in total. The van der Waals surface area contributed by atoms with Crippen LogP contribution >= 0.6 is 0 Å². The normalized spacial score (nSPS) is 13.4. The smallest absolute Gasteiger partial charge is 0.109 e. The summed E-state index contributed by atoms with van der Waals surface area (Å²) in [4.78, 5) is 0. The van der Waals surface area contributed by atoms with E-state index < -0.39 is 0 Å². The Morgan fingerprint density at radius 3 is 1.64 bits per heavy atom. The first kappa shape index (κ1) is 11.4. The first-order valence-electron chi connectivity index (χ1n) is 5.24. The van der Waals surface area contributed by atoms with Crippen molar-refractivity contribution in [3.63, 3.8) is 0 Å². The van der Waals surface area contributed by atoms with Gasteiger partial charge in [-0.2, -0.15) is 0 Å². The van der Waals surface area contributed by atoms with Crippen LogP contribution < -0.4 is 0 Å². The Morgan fingerprint density at radius 1 is 0.929 bits per heavy atom. The predicted molar refractivity (Wildman–Crippen MR) is 60.8 cm³/mol. The zero-order valence-electron chi connectivity index (χ0n) is 10.5. The Bertz CT molecular complexity index is 318. The summed E-state index contributed by atoms with van der Waals surface area (Å²) in [5.41, 5.74) is 1.60. The highest BCUT2D eigenvalue weighted by atomic mass is 16.3. The molecule has 14 heavy (non-hydrogen) atoms. The van der Waals surface area contributed by atoms with E-state index in [4.69, 9.17) is 4.42 Å². The number of furan rings is 1. The molecule has 0 aliphatic heterocycles. The molecule has 1 heterocycles. The fourth-order valence-electron chi connectivity index (χ4n) is 1.60. The average molecular weight is 194 g/mol. The van der Waals surface area contributed by atoms with Gasteiger partial charge in [-0.25, -0.2) is 0 Å².